The number of para-hydroxylation sites is 1. The van der Waals surface area contributed by atoms with Crippen LogP contribution < -0.4 is 4.74 Å². The van der Waals surface area contributed by atoms with Crippen molar-refractivity contribution in [3.8, 4) is 5.75 Å². The highest BCUT2D eigenvalue weighted by Crippen LogP contribution is 2.26. The standard InChI is InChI=1S/C7H4BrFO2/c8-5-2-1-3-6(9)7(5)11-4-10/h1-4H. The van der Waals surface area contributed by atoms with Gasteiger partial charge in [-0.25, -0.2) is 4.39 Å². The molecule has 0 aromatic heterocycles. The molecule has 0 heterocycles. The normalized spacial score (nSPS) is 9.27. The average Bonchev–Trinajstić information content (AvgIpc) is 1.97. The van der Waals surface area contributed by atoms with Gasteiger partial charge < -0.3 is 4.74 Å². The van der Waals surface area contributed by atoms with E-state index in [9.17, 15) is 9.18 Å². The zero-order valence-electron chi connectivity index (χ0n) is 5.38. The molecule has 1 rings (SSSR count). The molecule has 0 bridgehead atoms. The predicted octanol–water partition coefficient (Wildman–Crippen LogP) is 2.12. The van der Waals surface area contributed by atoms with Gasteiger partial charge >= 0.3 is 0 Å². The zero-order chi connectivity index (χ0) is 8.27. The maximum atomic E-state index is 12.7. The van der Waals surface area contributed by atoms with E-state index in [0.717, 1.165) is 0 Å². The summed E-state index contributed by atoms with van der Waals surface area (Å²) in [5.74, 6) is -0.644. The molecule has 0 amide bonds. The van der Waals surface area contributed by atoms with Gasteiger partial charge in [0.15, 0.2) is 11.6 Å². The third kappa shape index (κ3) is 1.77. The summed E-state index contributed by atoms with van der Waals surface area (Å²) >= 11 is 3.02. The molecule has 58 valence electrons. The number of hydrogen-bond acceptors (Lipinski definition) is 2. The van der Waals surface area contributed by atoms with Crippen LogP contribution in [0.2, 0.25) is 0 Å². The van der Waals surface area contributed by atoms with E-state index < -0.39 is 5.82 Å². The van der Waals surface area contributed by atoms with Crippen LogP contribution in [0.4, 0.5) is 4.39 Å². The Morgan fingerprint density at radius 3 is 2.82 bits per heavy atom. The Kier molecular flexibility index (Phi) is 2.59. The summed E-state index contributed by atoms with van der Waals surface area (Å²) < 4.78 is 17.5. The maximum absolute atomic E-state index is 12.7. The second-order valence-corrected chi connectivity index (χ2v) is 2.62. The Balaban J connectivity index is 3.09. The van der Waals surface area contributed by atoms with Crippen LogP contribution in [0.25, 0.3) is 0 Å². The summed E-state index contributed by atoms with van der Waals surface area (Å²) in [6, 6.07) is 4.31. The first-order chi connectivity index (χ1) is 5.25. The minimum absolute atomic E-state index is 0.0810. The Hall–Kier alpha value is -0.900. The Labute approximate surface area is 71.1 Å². The van der Waals surface area contributed by atoms with Crippen LogP contribution >= 0.6 is 15.9 Å². The number of carbonyl (C=O) groups is 1. The molecule has 0 aliphatic carbocycles. The summed E-state index contributed by atoms with van der Waals surface area (Å²) in [4.78, 5) is 9.87. The van der Waals surface area contributed by atoms with E-state index in [1.807, 2.05) is 0 Å². The van der Waals surface area contributed by atoms with Gasteiger partial charge in [-0.2, -0.15) is 0 Å². The van der Waals surface area contributed by atoms with Crippen LogP contribution in [0.1, 0.15) is 0 Å². The molecule has 0 N–H and O–H groups in total. The average molecular weight is 219 g/mol. The number of rotatable bonds is 2. The van der Waals surface area contributed by atoms with Gasteiger partial charge in [0, 0.05) is 0 Å². The van der Waals surface area contributed by atoms with Crippen molar-refractivity contribution in [2.24, 2.45) is 0 Å². The van der Waals surface area contributed by atoms with Crippen molar-refractivity contribution in [3.05, 3.63) is 28.5 Å². The van der Waals surface area contributed by atoms with Crippen molar-refractivity contribution in [2.45, 2.75) is 0 Å². The SMILES string of the molecule is O=COc1c(F)cccc1Br. The molecule has 2 nitrogen and oxygen atoms in total. The lowest BCUT2D eigenvalue weighted by Crippen LogP contribution is -1.92. The minimum Gasteiger partial charge on any atom is -0.424 e. The Morgan fingerprint density at radius 2 is 2.27 bits per heavy atom. The Morgan fingerprint density at radius 1 is 1.55 bits per heavy atom. The fraction of sp³-hybridized carbons (Fsp3) is 0. The number of halogens is 2. The van der Waals surface area contributed by atoms with Gasteiger partial charge in [-0.05, 0) is 28.1 Å². The van der Waals surface area contributed by atoms with Crippen LogP contribution in [-0.4, -0.2) is 6.47 Å². The highest BCUT2D eigenvalue weighted by molar-refractivity contribution is 9.10. The van der Waals surface area contributed by atoms with E-state index in [1.165, 1.54) is 12.1 Å². The summed E-state index contributed by atoms with van der Waals surface area (Å²) in [5, 5.41) is 0. The summed E-state index contributed by atoms with van der Waals surface area (Å²) in [7, 11) is 0. The van der Waals surface area contributed by atoms with Gasteiger partial charge in [-0.15, -0.1) is 0 Å². The molecule has 0 spiro atoms. The molecule has 0 saturated carbocycles. The maximum Gasteiger partial charge on any atom is 0.298 e. The van der Waals surface area contributed by atoms with Crippen molar-refractivity contribution in [1.29, 1.82) is 0 Å². The molecule has 0 aliphatic heterocycles. The van der Waals surface area contributed by atoms with Gasteiger partial charge in [-0.1, -0.05) is 6.07 Å². The smallest absolute Gasteiger partial charge is 0.298 e. The van der Waals surface area contributed by atoms with E-state index in [2.05, 4.69) is 20.7 Å². The second-order valence-electron chi connectivity index (χ2n) is 1.76. The van der Waals surface area contributed by atoms with E-state index >= 15 is 0 Å². The highest BCUT2D eigenvalue weighted by atomic mass is 79.9. The van der Waals surface area contributed by atoms with Crippen LogP contribution in [-0.2, 0) is 4.79 Å². The van der Waals surface area contributed by atoms with E-state index in [1.54, 1.807) is 6.07 Å². The zero-order valence-corrected chi connectivity index (χ0v) is 6.97. The largest absolute Gasteiger partial charge is 0.424 e. The fourth-order valence-corrected chi connectivity index (χ4v) is 1.08. The number of benzene rings is 1. The van der Waals surface area contributed by atoms with Crippen LogP contribution in [0, 0.1) is 5.82 Å². The quantitative estimate of drug-likeness (QED) is 0.712. The number of hydrogen-bond donors (Lipinski definition) is 0. The lowest BCUT2D eigenvalue weighted by molar-refractivity contribution is -0.120. The fourth-order valence-electron chi connectivity index (χ4n) is 0.643. The van der Waals surface area contributed by atoms with Crippen LogP contribution in [0.3, 0.4) is 0 Å². The Bertz CT molecular complexity index is 255. The second kappa shape index (κ2) is 3.48. The van der Waals surface area contributed by atoms with Crippen molar-refractivity contribution in [2.75, 3.05) is 0 Å². The summed E-state index contributed by atoms with van der Waals surface area (Å²) in [6.45, 7) is 0.184. The third-order valence-corrected chi connectivity index (χ3v) is 1.71. The first-order valence-electron chi connectivity index (χ1n) is 2.80. The van der Waals surface area contributed by atoms with Crippen molar-refractivity contribution in [3.63, 3.8) is 0 Å². The molecule has 0 aliphatic rings. The van der Waals surface area contributed by atoms with E-state index in [-0.39, 0.29) is 12.2 Å². The lowest BCUT2D eigenvalue weighted by atomic mass is 10.3. The van der Waals surface area contributed by atoms with E-state index in [4.69, 9.17) is 0 Å². The number of carbonyl (C=O) groups excluding carboxylic acids is 1. The number of ether oxygens (including phenoxy) is 1. The van der Waals surface area contributed by atoms with Gasteiger partial charge in [0.25, 0.3) is 6.47 Å². The molecule has 0 fully saturated rings. The predicted molar refractivity (Wildman–Crippen MR) is 40.8 cm³/mol. The van der Waals surface area contributed by atoms with Gasteiger partial charge in [0.1, 0.15) is 0 Å². The molecule has 0 unspecified atom stereocenters. The molecule has 11 heavy (non-hydrogen) atoms. The van der Waals surface area contributed by atoms with E-state index in [0.29, 0.717) is 4.47 Å². The first kappa shape index (κ1) is 8.20. The molecule has 0 atom stereocenters. The molecule has 0 radical (unpaired) electrons. The van der Waals surface area contributed by atoms with Gasteiger partial charge in [-0.3, -0.25) is 4.79 Å². The molecular formula is C7H4BrFO2. The molecule has 0 saturated heterocycles. The van der Waals surface area contributed by atoms with Gasteiger partial charge in [0.05, 0.1) is 4.47 Å². The van der Waals surface area contributed by atoms with Crippen LogP contribution in [0.15, 0.2) is 22.7 Å². The molecule has 4 heteroatoms. The topological polar surface area (TPSA) is 26.3 Å². The van der Waals surface area contributed by atoms with Crippen molar-refractivity contribution in [1.82, 2.24) is 0 Å². The van der Waals surface area contributed by atoms with Crippen molar-refractivity contribution >= 4 is 22.4 Å². The monoisotopic (exact) mass is 218 g/mol. The van der Waals surface area contributed by atoms with Crippen molar-refractivity contribution < 1.29 is 13.9 Å². The first-order valence-corrected chi connectivity index (χ1v) is 3.59. The van der Waals surface area contributed by atoms with Crippen LogP contribution in [0.5, 0.6) is 5.75 Å². The minimum atomic E-state index is -0.563. The molecule has 1 aromatic carbocycles. The highest BCUT2D eigenvalue weighted by Gasteiger charge is 2.05. The molecule has 1 aromatic rings. The molecular weight excluding hydrogens is 215 g/mol. The summed E-state index contributed by atoms with van der Waals surface area (Å²) in [5.41, 5.74) is 0. The van der Waals surface area contributed by atoms with Gasteiger partial charge in [0.2, 0.25) is 0 Å². The summed E-state index contributed by atoms with van der Waals surface area (Å²) in [6.07, 6.45) is 0. The third-order valence-electron chi connectivity index (χ3n) is 1.08. The lowest BCUT2D eigenvalue weighted by Gasteiger charge is -2.00.